The summed E-state index contributed by atoms with van der Waals surface area (Å²) in [5.41, 5.74) is -0.744. The second-order valence-corrected chi connectivity index (χ2v) is 7.89. The van der Waals surface area contributed by atoms with Crippen molar-refractivity contribution in [2.24, 2.45) is 0 Å². The molecule has 0 fully saturated rings. The molecular formula is C18H13BrN2O6S. The van der Waals surface area contributed by atoms with Crippen molar-refractivity contribution in [3.8, 4) is 11.4 Å². The maximum Gasteiger partial charge on any atom is 0.362 e. The van der Waals surface area contributed by atoms with Crippen LogP contribution in [0.3, 0.4) is 0 Å². The van der Waals surface area contributed by atoms with Gasteiger partial charge in [-0.1, -0.05) is 34.1 Å². The fourth-order valence-corrected chi connectivity index (χ4v) is 3.46. The Kier molecular flexibility index (Phi) is 5.61. The first-order valence-electron chi connectivity index (χ1n) is 7.80. The minimum Gasteiger partial charge on any atom is -0.464 e. The van der Waals surface area contributed by atoms with Crippen LogP contribution >= 0.6 is 15.9 Å². The molecule has 0 unspecified atom stereocenters. The van der Waals surface area contributed by atoms with E-state index < -0.39 is 33.1 Å². The summed E-state index contributed by atoms with van der Waals surface area (Å²) in [6.45, 7) is 0. The highest BCUT2D eigenvalue weighted by atomic mass is 79.9. The molecule has 2 aromatic carbocycles. The van der Waals surface area contributed by atoms with Crippen molar-refractivity contribution in [1.82, 2.24) is 9.78 Å². The molecule has 144 valence electrons. The molecule has 8 nitrogen and oxygen atoms in total. The Morgan fingerprint density at radius 1 is 1.07 bits per heavy atom. The van der Waals surface area contributed by atoms with E-state index in [0.29, 0.717) is 10.2 Å². The third-order valence-electron chi connectivity index (χ3n) is 3.58. The fourth-order valence-electron chi connectivity index (χ4n) is 2.26. The average molecular weight is 465 g/mol. The first kappa shape index (κ1) is 19.8. The summed E-state index contributed by atoms with van der Waals surface area (Å²) in [6, 6.07) is 14.9. The van der Waals surface area contributed by atoms with Crippen molar-refractivity contribution in [3.63, 3.8) is 0 Å². The zero-order valence-electron chi connectivity index (χ0n) is 14.4. The predicted octanol–water partition coefficient (Wildman–Crippen LogP) is 2.55. The van der Waals surface area contributed by atoms with Gasteiger partial charge in [-0.25, -0.2) is 4.79 Å². The SMILES string of the molecule is COC(=O)c1nn(-c2ccccc2)c(=O)cc1OS(=O)(=O)c1ccc(Br)cc1. The van der Waals surface area contributed by atoms with E-state index in [4.69, 9.17) is 4.18 Å². The van der Waals surface area contributed by atoms with Crippen LogP contribution in [-0.4, -0.2) is 31.3 Å². The summed E-state index contributed by atoms with van der Waals surface area (Å²) in [5.74, 6) is -1.47. The number of hydrogen-bond acceptors (Lipinski definition) is 7. The van der Waals surface area contributed by atoms with E-state index in [0.717, 1.165) is 17.9 Å². The number of hydrogen-bond donors (Lipinski definition) is 0. The summed E-state index contributed by atoms with van der Waals surface area (Å²) in [6.07, 6.45) is 0. The molecule has 10 heteroatoms. The van der Waals surface area contributed by atoms with E-state index >= 15 is 0 Å². The molecule has 1 aromatic heterocycles. The quantitative estimate of drug-likeness (QED) is 0.421. The third kappa shape index (κ3) is 4.12. The molecule has 0 radical (unpaired) electrons. The smallest absolute Gasteiger partial charge is 0.362 e. The maximum atomic E-state index is 12.5. The van der Waals surface area contributed by atoms with Gasteiger partial charge < -0.3 is 8.92 Å². The monoisotopic (exact) mass is 464 g/mol. The summed E-state index contributed by atoms with van der Waals surface area (Å²) in [4.78, 5) is 24.4. The molecule has 0 amide bonds. The molecule has 3 rings (SSSR count). The molecular weight excluding hydrogens is 452 g/mol. The largest absolute Gasteiger partial charge is 0.464 e. The Bertz CT molecular complexity index is 1170. The van der Waals surface area contributed by atoms with Crippen LogP contribution in [0.1, 0.15) is 10.5 Å². The van der Waals surface area contributed by atoms with Crippen LogP contribution in [0, 0.1) is 0 Å². The van der Waals surface area contributed by atoms with Crippen LogP contribution in [0.15, 0.2) is 74.8 Å². The molecule has 0 bridgehead atoms. The molecule has 3 aromatic rings. The van der Waals surface area contributed by atoms with Gasteiger partial charge in [0.1, 0.15) is 4.90 Å². The first-order valence-corrected chi connectivity index (χ1v) is 10.00. The molecule has 28 heavy (non-hydrogen) atoms. The third-order valence-corrected chi connectivity index (χ3v) is 5.36. The lowest BCUT2D eigenvalue weighted by molar-refractivity contribution is 0.0589. The number of benzene rings is 2. The molecule has 0 spiro atoms. The Labute approximate surface area is 168 Å². The van der Waals surface area contributed by atoms with Gasteiger partial charge in [0.25, 0.3) is 5.56 Å². The van der Waals surface area contributed by atoms with E-state index in [1.54, 1.807) is 30.3 Å². The highest BCUT2D eigenvalue weighted by Crippen LogP contribution is 2.22. The number of esters is 1. The zero-order valence-corrected chi connectivity index (χ0v) is 16.8. The van der Waals surface area contributed by atoms with Crippen molar-refractivity contribution in [3.05, 3.63) is 81.2 Å². The van der Waals surface area contributed by atoms with E-state index in [1.165, 1.54) is 24.3 Å². The number of ether oxygens (including phenoxy) is 1. The van der Waals surface area contributed by atoms with Crippen molar-refractivity contribution in [1.29, 1.82) is 0 Å². The van der Waals surface area contributed by atoms with Crippen LogP contribution in [-0.2, 0) is 14.9 Å². The Morgan fingerprint density at radius 3 is 2.32 bits per heavy atom. The van der Waals surface area contributed by atoms with E-state index in [2.05, 4.69) is 25.8 Å². The molecule has 0 aliphatic heterocycles. The number of rotatable bonds is 5. The van der Waals surface area contributed by atoms with Gasteiger partial charge in [-0.2, -0.15) is 18.2 Å². The van der Waals surface area contributed by atoms with Gasteiger partial charge in [0.2, 0.25) is 5.69 Å². The molecule has 0 saturated heterocycles. The van der Waals surface area contributed by atoms with Crippen molar-refractivity contribution < 1.29 is 22.1 Å². The number of methoxy groups -OCH3 is 1. The van der Waals surface area contributed by atoms with Gasteiger partial charge in [0.15, 0.2) is 5.75 Å². The van der Waals surface area contributed by atoms with Crippen LogP contribution in [0.2, 0.25) is 0 Å². The number of carbonyl (C=O) groups is 1. The van der Waals surface area contributed by atoms with Gasteiger partial charge >= 0.3 is 16.1 Å². The summed E-state index contributed by atoms with van der Waals surface area (Å²) in [5, 5.41) is 3.94. The predicted molar refractivity (Wildman–Crippen MR) is 103 cm³/mol. The van der Waals surface area contributed by atoms with Crippen LogP contribution in [0.4, 0.5) is 0 Å². The lowest BCUT2D eigenvalue weighted by atomic mass is 10.3. The minimum atomic E-state index is -4.31. The Balaban J connectivity index is 2.10. The molecule has 0 atom stereocenters. The normalized spacial score (nSPS) is 11.1. The van der Waals surface area contributed by atoms with Gasteiger partial charge in [-0.3, -0.25) is 4.79 Å². The average Bonchev–Trinajstić information content (AvgIpc) is 2.68. The lowest BCUT2D eigenvalue weighted by Gasteiger charge is -2.12. The van der Waals surface area contributed by atoms with Crippen molar-refractivity contribution >= 4 is 32.0 Å². The van der Waals surface area contributed by atoms with Crippen LogP contribution in [0.25, 0.3) is 5.69 Å². The number of halogens is 1. The standard InChI is InChI=1S/C18H13BrN2O6S/c1-26-18(23)17-15(27-28(24,25)14-9-7-12(19)8-10-14)11-16(22)21(20-17)13-5-3-2-4-6-13/h2-11H,1H3. The summed E-state index contributed by atoms with van der Waals surface area (Å²) < 4.78 is 36.3. The Morgan fingerprint density at radius 2 is 1.71 bits per heavy atom. The van der Waals surface area contributed by atoms with E-state index in [1.807, 2.05) is 0 Å². The second kappa shape index (κ2) is 7.95. The zero-order chi connectivity index (χ0) is 20.3. The van der Waals surface area contributed by atoms with Crippen molar-refractivity contribution in [2.75, 3.05) is 7.11 Å². The van der Waals surface area contributed by atoms with Gasteiger partial charge in [0, 0.05) is 4.47 Å². The highest BCUT2D eigenvalue weighted by molar-refractivity contribution is 9.10. The molecule has 0 aliphatic carbocycles. The van der Waals surface area contributed by atoms with Gasteiger partial charge in [-0.05, 0) is 36.4 Å². The highest BCUT2D eigenvalue weighted by Gasteiger charge is 2.25. The van der Waals surface area contributed by atoms with Gasteiger partial charge in [0.05, 0.1) is 18.9 Å². The first-order chi connectivity index (χ1) is 13.3. The number of nitrogens with zero attached hydrogens (tertiary/aromatic N) is 2. The minimum absolute atomic E-state index is 0.154. The van der Waals surface area contributed by atoms with Gasteiger partial charge in [-0.15, -0.1) is 0 Å². The number of carbonyl (C=O) groups excluding carboxylic acids is 1. The van der Waals surface area contributed by atoms with E-state index in [-0.39, 0.29) is 4.90 Å². The maximum absolute atomic E-state index is 12.5. The lowest BCUT2D eigenvalue weighted by Crippen LogP contribution is -2.25. The van der Waals surface area contributed by atoms with Crippen LogP contribution < -0.4 is 9.74 Å². The van der Waals surface area contributed by atoms with E-state index in [9.17, 15) is 18.0 Å². The topological polar surface area (TPSA) is 105 Å². The van der Waals surface area contributed by atoms with Crippen LogP contribution in [0.5, 0.6) is 5.75 Å². The molecule has 1 heterocycles. The number of para-hydroxylation sites is 1. The van der Waals surface area contributed by atoms with Crippen molar-refractivity contribution in [2.45, 2.75) is 4.90 Å². The molecule has 0 saturated carbocycles. The molecule has 0 N–H and O–H groups in total. The summed E-state index contributed by atoms with van der Waals surface area (Å²) >= 11 is 3.21. The Hall–Kier alpha value is -2.98. The summed E-state index contributed by atoms with van der Waals surface area (Å²) in [7, 11) is -3.20. The number of aromatic nitrogens is 2. The fraction of sp³-hybridized carbons (Fsp3) is 0.0556. The molecule has 0 aliphatic rings. The second-order valence-electron chi connectivity index (χ2n) is 5.43.